The predicted octanol–water partition coefficient (Wildman–Crippen LogP) is 2.79. The van der Waals surface area contributed by atoms with Crippen LogP contribution in [0.15, 0.2) is 81.2 Å². The van der Waals surface area contributed by atoms with E-state index in [9.17, 15) is 22.8 Å². The van der Waals surface area contributed by atoms with Gasteiger partial charge in [-0.2, -0.15) is 0 Å². The Kier molecular flexibility index (Phi) is 6.63. The molecule has 3 aromatic carbocycles. The van der Waals surface area contributed by atoms with E-state index in [-0.39, 0.29) is 32.8 Å². The molecule has 4 rings (SSSR count). The Labute approximate surface area is 204 Å². The molecule has 0 saturated carbocycles. The Hall–Kier alpha value is -4.09. The lowest BCUT2D eigenvalue weighted by molar-refractivity contribution is -0.117. The summed E-state index contributed by atoms with van der Waals surface area (Å²) in [6, 6.07) is 16.4. The SMILES string of the molecule is COc1ccc(NC(=O)Cn2[nH]c(=O)c3ccccc3c2=O)cc1S(=O)(=O)Nc1ccc(Cl)cc1. The average molecular weight is 515 g/mol. The topological polar surface area (TPSA) is 139 Å². The number of nitrogens with zero attached hydrogens (tertiary/aromatic N) is 1. The van der Waals surface area contributed by atoms with Crippen LogP contribution in [0.2, 0.25) is 5.02 Å². The molecular formula is C23H19ClN4O6S. The third kappa shape index (κ3) is 5.20. The summed E-state index contributed by atoms with van der Waals surface area (Å²) in [4.78, 5) is 37.3. The number of hydrogen-bond acceptors (Lipinski definition) is 6. The van der Waals surface area contributed by atoms with E-state index in [0.29, 0.717) is 5.02 Å². The van der Waals surface area contributed by atoms with Crippen LogP contribution in [0.25, 0.3) is 10.8 Å². The number of anilines is 2. The van der Waals surface area contributed by atoms with Crippen molar-refractivity contribution in [3.63, 3.8) is 0 Å². The van der Waals surface area contributed by atoms with Crippen molar-refractivity contribution >= 4 is 49.7 Å². The number of sulfonamides is 1. The van der Waals surface area contributed by atoms with E-state index in [1.807, 2.05) is 0 Å². The van der Waals surface area contributed by atoms with Crippen molar-refractivity contribution in [1.29, 1.82) is 0 Å². The van der Waals surface area contributed by atoms with E-state index in [0.717, 1.165) is 4.68 Å². The van der Waals surface area contributed by atoms with Crippen molar-refractivity contribution in [2.75, 3.05) is 17.1 Å². The molecule has 0 unspecified atom stereocenters. The molecule has 0 aliphatic heterocycles. The maximum absolute atomic E-state index is 13.0. The fourth-order valence-corrected chi connectivity index (χ4v) is 4.78. The fourth-order valence-electron chi connectivity index (χ4n) is 3.39. The van der Waals surface area contributed by atoms with Crippen LogP contribution in [-0.4, -0.2) is 31.2 Å². The second-order valence-electron chi connectivity index (χ2n) is 7.40. The first-order chi connectivity index (χ1) is 16.7. The van der Waals surface area contributed by atoms with Gasteiger partial charge in [-0.15, -0.1) is 0 Å². The first-order valence-corrected chi connectivity index (χ1v) is 12.0. The minimum absolute atomic E-state index is 0.0551. The zero-order valence-corrected chi connectivity index (χ0v) is 19.8. The minimum atomic E-state index is -4.09. The van der Waals surface area contributed by atoms with E-state index in [4.69, 9.17) is 16.3 Å². The Balaban J connectivity index is 1.59. The van der Waals surface area contributed by atoms with Crippen molar-refractivity contribution in [1.82, 2.24) is 9.78 Å². The normalized spacial score (nSPS) is 11.3. The lowest BCUT2D eigenvalue weighted by atomic mass is 10.2. The molecule has 12 heteroatoms. The Morgan fingerprint density at radius 3 is 2.34 bits per heavy atom. The van der Waals surface area contributed by atoms with Crippen LogP contribution in [-0.2, 0) is 21.4 Å². The van der Waals surface area contributed by atoms with Crippen LogP contribution < -0.4 is 25.9 Å². The predicted molar refractivity (Wildman–Crippen MR) is 133 cm³/mol. The summed E-state index contributed by atoms with van der Waals surface area (Å²) in [5.41, 5.74) is -0.631. The highest BCUT2D eigenvalue weighted by Crippen LogP contribution is 2.29. The monoisotopic (exact) mass is 514 g/mol. The van der Waals surface area contributed by atoms with Crippen LogP contribution in [0, 0.1) is 0 Å². The maximum atomic E-state index is 13.0. The summed E-state index contributed by atoms with van der Waals surface area (Å²) in [6.07, 6.45) is 0. The number of amides is 1. The molecule has 0 spiro atoms. The zero-order valence-electron chi connectivity index (χ0n) is 18.2. The summed E-state index contributed by atoms with van der Waals surface area (Å²) in [7, 11) is -2.78. The van der Waals surface area contributed by atoms with Gasteiger partial charge in [0, 0.05) is 16.4 Å². The number of fused-ring (bicyclic) bond motifs is 1. The van der Waals surface area contributed by atoms with E-state index in [1.165, 1.54) is 61.7 Å². The molecule has 0 saturated heterocycles. The standard InChI is InChI=1S/C23H19ClN4O6S/c1-34-19-11-10-16(12-20(19)35(32,33)27-15-8-6-14(24)7-9-15)25-21(29)13-28-23(31)18-5-3-2-4-17(18)22(30)26-28/h2-12,27H,13H2,1H3,(H,25,29)(H,26,30). The Morgan fingerprint density at radius 2 is 1.66 bits per heavy atom. The van der Waals surface area contributed by atoms with Crippen LogP contribution in [0.5, 0.6) is 5.75 Å². The van der Waals surface area contributed by atoms with Gasteiger partial charge >= 0.3 is 0 Å². The fraction of sp³-hybridized carbons (Fsp3) is 0.0870. The van der Waals surface area contributed by atoms with Crippen LogP contribution in [0.1, 0.15) is 0 Å². The number of rotatable bonds is 7. The van der Waals surface area contributed by atoms with Crippen molar-refractivity contribution in [3.05, 3.63) is 92.5 Å². The second kappa shape index (κ2) is 9.65. The first kappa shape index (κ1) is 24.0. The number of hydrogen-bond donors (Lipinski definition) is 3. The number of carbonyl (C=O) groups excluding carboxylic acids is 1. The number of ether oxygens (including phenoxy) is 1. The number of methoxy groups -OCH3 is 1. The molecule has 4 aromatic rings. The number of aromatic amines is 1. The highest BCUT2D eigenvalue weighted by Gasteiger charge is 2.21. The van der Waals surface area contributed by atoms with Gasteiger partial charge in [-0.05, 0) is 54.6 Å². The molecule has 35 heavy (non-hydrogen) atoms. The smallest absolute Gasteiger partial charge is 0.273 e. The van der Waals surface area contributed by atoms with E-state index < -0.39 is 33.6 Å². The molecule has 1 aromatic heterocycles. The molecule has 3 N–H and O–H groups in total. The molecule has 0 bridgehead atoms. The number of halogens is 1. The molecule has 0 fully saturated rings. The van der Waals surface area contributed by atoms with Crippen LogP contribution in [0.3, 0.4) is 0 Å². The van der Waals surface area contributed by atoms with Gasteiger partial charge < -0.3 is 10.1 Å². The average Bonchev–Trinajstić information content (AvgIpc) is 2.83. The quantitative estimate of drug-likeness (QED) is 0.346. The molecule has 0 atom stereocenters. The zero-order chi connectivity index (χ0) is 25.2. The summed E-state index contributed by atoms with van der Waals surface area (Å²) >= 11 is 5.84. The Morgan fingerprint density at radius 1 is 1.00 bits per heavy atom. The van der Waals surface area contributed by atoms with Gasteiger partial charge in [0.25, 0.3) is 21.1 Å². The van der Waals surface area contributed by atoms with Crippen molar-refractivity contribution in [2.24, 2.45) is 0 Å². The van der Waals surface area contributed by atoms with Gasteiger partial charge in [-0.3, -0.25) is 24.2 Å². The molecule has 1 amide bonds. The van der Waals surface area contributed by atoms with Crippen LogP contribution >= 0.6 is 11.6 Å². The third-order valence-corrected chi connectivity index (χ3v) is 6.67. The number of H-pyrrole nitrogens is 1. The second-order valence-corrected chi connectivity index (χ2v) is 9.49. The van der Waals surface area contributed by atoms with Gasteiger partial charge in [-0.1, -0.05) is 23.7 Å². The van der Waals surface area contributed by atoms with Crippen molar-refractivity contribution < 1.29 is 17.9 Å². The number of aromatic nitrogens is 2. The number of carbonyl (C=O) groups is 1. The third-order valence-electron chi connectivity index (χ3n) is 5.02. The van der Waals surface area contributed by atoms with Gasteiger partial charge in [-0.25, -0.2) is 13.1 Å². The highest BCUT2D eigenvalue weighted by atomic mass is 35.5. The lowest BCUT2D eigenvalue weighted by Crippen LogP contribution is -2.34. The minimum Gasteiger partial charge on any atom is -0.495 e. The van der Waals surface area contributed by atoms with E-state index in [1.54, 1.807) is 12.1 Å². The van der Waals surface area contributed by atoms with Gasteiger partial charge in [0.15, 0.2) is 0 Å². The van der Waals surface area contributed by atoms with Gasteiger partial charge in [0.05, 0.1) is 17.9 Å². The molecule has 0 aliphatic carbocycles. The number of nitrogens with one attached hydrogen (secondary N) is 3. The summed E-state index contributed by atoms with van der Waals surface area (Å²) < 4.78 is 34.5. The van der Waals surface area contributed by atoms with Crippen LogP contribution in [0.4, 0.5) is 11.4 Å². The Bertz CT molecular complexity index is 1650. The molecule has 0 radical (unpaired) electrons. The van der Waals surface area contributed by atoms with Gasteiger partial charge in [0.1, 0.15) is 17.2 Å². The summed E-state index contributed by atoms with van der Waals surface area (Å²) in [5.74, 6) is -0.600. The summed E-state index contributed by atoms with van der Waals surface area (Å²) in [5, 5.41) is 5.74. The van der Waals surface area contributed by atoms with E-state index >= 15 is 0 Å². The molecular weight excluding hydrogens is 496 g/mol. The largest absolute Gasteiger partial charge is 0.495 e. The highest BCUT2D eigenvalue weighted by molar-refractivity contribution is 7.92. The van der Waals surface area contributed by atoms with Gasteiger partial charge in [0.2, 0.25) is 5.91 Å². The first-order valence-electron chi connectivity index (χ1n) is 10.2. The van der Waals surface area contributed by atoms with Crippen molar-refractivity contribution in [2.45, 2.75) is 11.4 Å². The molecule has 180 valence electrons. The molecule has 10 nitrogen and oxygen atoms in total. The number of benzene rings is 3. The molecule has 0 aliphatic rings. The van der Waals surface area contributed by atoms with Crippen molar-refractivity contribution in [3.8, 4) is 5.75 Å². The van der Waals surface area contributed by atoms with E-state index in [2.05, 4.69) is 15.1 Å². The molecule has 1 heterocycles. The lowest BCUT2D eigenvalue weighted by Gasteiger charge is -2.14. The summed E-state index contributed by atoms with van der Waals surface area (Å²) in [6.45, 7) is -0.490. The maximum Gasteiger partial charge on any atom is 0.273 e.